The lowest BCUT2D eigenvalue weighted by atomic mass is 9.88. The first-order valence-electron chi connectivity index (χ1n) is 9.85. The molecule has 0 bridgehead atoms. The third-order valence-electron chi connectivity index (χ3n) is 5.17. The number of thioether (sulfide) groups is 1. The first-order chi connectivity index (χ1) is 14.2. The molecule has 1 aliphatic rings. The molecule has 1 N–H and O–H groups in total. The van der Waals surface area contributed by atoms with Crippen molar-refractivity contribution in [3.05, 3.63) is 64.7 Å². The van der Waals surface area contributed by atoms with Crippen molar-refractivity contribution in [2.45, 2.75) is 43.9 Å². The summed E-state index contributed by atoms with van der Waals surface area (Å²) in [4.78, 5) is 12.6. The maximum Gasteiger partial charge on any atom is 0.230 e. The molecule has 1 atom stereocenters. The van der Waals surface area contributed by atoms with Crippen LogP contribution < -0.4 is 5.32 Å². The van der Waals surface area contributed by atoms with E-state index in [1.54, 1.807) is 0 Å². The van der Waals surface area contributed by atoms with Crippen LogP contribution in [0.4, 0.5) is 0 Å². The fraction of sp³-hybridized carbons (Fsp3) is 0.318. The number of carbonyl (C=O) groups excluding carboxylic acids is 1. The van der Waals surface area contributed by atoms with E-state index in [-0.39, 0.29) is 11.9 Å². The summed E-state index contributed by atoms with van der Waals surface area (Å²) in [6.07, 6.45) is 3.17. The van der Waals surface area contributed by atoms with Crippen molar-refractivity contribution >= 4 is 29.3 Å². The Bertz CT molecular complexity index is 1000. The Labute approximate surface area is 179 Å². The molecule has 7 heteroatoms. The van der Waals surface area contributed by atoms with Crippen LogP contribution in [0.5, 0.6) is 0 Å². The van der Waals surface area contributed by atoms with Crippen molar-refractivity contribution in [3.8, 4) is 11.4 Å². The van der Waals surface area contributed by atoms with E-state index in [2.05, 4.69) is 33.7 Å². The molecule has 3 aromatic rings. The molecule has 1 aromatic heterocycles. The van der Waals surface area contributed by atoms with E-state index in [0.717, 1.165) is 42.4 Å². The minimum absolute atomic E-state index is 0.0235. The van der Waals surface area contributed by atoms with Crippen LogP contribution in [0.1, 0.15) is 36.9 Å². The van der Waals surface area contributed by atoms with E-state index >= 15 is 0 Å². The van der Waals surface area contributed by atoms with Crippen LogP contribution in [-0.4, -0.2) is 26.4 Å². The van der Waals surface area contributed by atoms with Crippen molar-refractivity contribution in [1.29, 1.82) is 0 Å². The Kier molecular flexibility index (Phi) is 6.21. The second-order valence-electron chi connectivity index (χ2n) is 7.06. The van der Waals surface area contributed by atoms with Crippen LogP contribution in [-0.2, 0) is 17.8 Å². The topological polar surface area (TPSA) is 59.8 Å². The molecule has 4 rings (SSSR count). The van der Waals surface area contributed by atoms with Gasteiger partial charge in [-0.3, -0.25) is 4.79 Å². The first-order valence-corrected chi connectivity index (χ1v) is 11.2. The highest BCUT2D eigenvalue weighted by Crippen LogP contribution is 2.30. The lowest BCUT2D eigenvalue weighted by Gasteiger charge is -2.26. The van der Waals surface area contributed by atoms with Crippen LogP contribution in [0.2, 0.25) is 5.02 Å². The lowest BCUT2D eigenvalue weighted by Crippen LogP contribution is -2.32. The van der Waals surface area contributed by atoms with Crippen LogP contribution in [0.15, 0.2) is 53.7 Å². The van der Waals surface area contributed by atoms with Gasteiger partial charge in [-0.1, -0.05) is 47.6 Å². The van der Waals surface area contributed by atoms with Crippen molar-refractivity contribution < 1.29 is 4.79 Å². The van der Waals surface area contributed by atoms with Gasteiger partial charge in [0.1, 0.15) is 0 Å². The minimum atomic E-state index is 0.0235. The molecule has 0 spiro atoms. The predicted octanol–water partition coefficient (Wildman–Crippen LogP) is 4.90. The van der Waals surface area contributed by atoms with Gasteiger partial charge in [0.25, 0.3) is 0 Å². The molecular formula is C22H23ClN4OS. The monoisotopic (exact) mass is 426 g/mol. The summed E-state index contributed by atoms with van der Waals surface area (Å²) >= 11 is 7.40. The average molecular weight is 427 g/mol. The highest BCUT2D eigenvalue weighted by molar-refractivity contribution is 7.99. The molecule has 5 nitrogen and oxygen atoms in total. The molecule has 150 valence electrons. The number of rotatable bonds is 6. The number of hydrogen-bond acceptors (Lipinski definition) is 4. The number of benzene rings is 2. The zero-order valence-corrected chi connectivity index (χ0v) is 17.8. The molecule has 0 fully saturated rings. The van der Waals surface area contributed by atoms with Gasteiger partial charge in [0.2, 0.25) is 5.91 Å². The third-order valence-corrected chi connectivity index (χ3v) is 6.39. The van der Waals surface area contributed by atoms with E-state index < -0.39 is 0 Å². The SMILES string of the molecule is CCn1c(SCC(=O)N[C@H]2CCCc3ccccc32)nnc1-c1ccc(Cl)cc1. The Balaban J connectivity index is 1.42. The summed E-state index contributed by atoms with van der Waals surface area (Å²) in [6, 6.07) is 16.0. The van der Waals surface area contributed by atoms with E-state index in [4.69, 9.17) is 11.6 Å². The van der Waals surface area contributed by atoms with Gasteiger partial charge in [0.15, 0.2) is 11.0 Å². The fourth-order valence-electron chi connectivity index (χ4n) is 3.76. The summed E-state index contributed by atoms with van der Waals surface area (Å²) < 4.78 is 2.02. The van der Waals surface area contributed by atoms with Crippen molar-refractivity contribution in [1.82, 2.24) is 20.1 Å². The van der Waals surface area contributed by atoms with Crippen LogP contribution in [0.25, 0.3) is 11.4 Å². The number of aryl methyl sites for hydroxylation is 1. The minimum Gasteiger partial charge on any atom is -0.349 e. The van der Waals surface area contributed by atoms with Gasteiger partial charge in [-0.25, -0.2) is 0 Å². The second-order valence-corrected chi connectivity index (χ2v) is 8.44. The van der Waals surface area contributed by atoms with Crippen LogP contribution in [0, 0.1) is 0 Å². The fourth-order valence-corrected chi connectivity index (χ4v) is 4.70. The molecule has 0 aliphatic heterocycles. The molecule has 29 heavy (non-hydrogen) atoms. The van der Waals surface area contributed by atoms with Crippen LogP contribution in [0.3, 0.4) is 0 Å². The molecule has 0 radical (unpaired) electrons. The van der Waals surface area contributed by atoms with Crippen molar-refractivity contribution in [3.63, 3.8) is 0 Å². The number of halogens is 1. The second kappa shape index (κ2) is 9.01. The molecule has 0 saturated heterocycles. The molecule has 1 amide bonds. The molecule has 1 aliphatic carbocycles. The van der Waals surface area contributed by atoms with Gasteiger partial charge >= 0.3 is 0 Å². The lowest BCUT2D eigenvalue weighted by molar-refractivity contribution is -0.119. The smallest absolute Gasteiger partial charge is 0.230 e. The van der Waals surface area contributed by atoms with Crippen LogP contribution >= 0.6 is 23.4 Å². The quantitative estimate of drug-likeness (QED) is 0.569. The average Bonchev–Trinajstić information content (AvgIpc) is 3.16. The number of nitrogens with zero attached hydrogens (tertiary/aromatic N) is 3. The Hall–Kier alpha value is -2.31. The first kappa shape index (κ1) is 20.0. The van der Waals surface area contributed by atoms with E-state index in [0.29, 0.717) is 10.8 Å². The van der Waals surface area contributed by atoms with Crippen molar-refractivity contribution in [2.75, 3.05) is 5.75 Å². The number of carbonyl (C=O) groups is 1. The molecule has 2 aromatic carbocycles. The summed E-state index contributed by atoms with van der Waals surface area (Å²) in [5.74, 6) is 1.13. The number of nitrogens with one attached hydrogen (secondary N) is 1. The van der Waals surface area contributed by atoms with Gasteiger partial charge in [-0.05, 0) is 61.6 Å². The molecular weight excluding hydrogens is 404 g/mol. The Morgan fingerprint density at radius 1 is 1.21 bits per heavy atom. The van der Waals surface area contributed by atoms with Gasteiger partial charge in [-0.2, -0.15) is 0 Å². The predicted molar refractivity (Wildman–Crippen MR) is 117 cm³/mol. The normalized spacial score (nSPS) is 15.7. The summed E-state index contributed by atoms with van der Waals surface area (Å²) in [5, 5.41) is 13.3. The highest BCUT2D eigenvalue weighted by Gasteiger charge is 2.22. The third kappa shape index (κ3) is 4.49. The number of hydrogen-bond donors (Lipinski definition) is 1. The number of amides is 1. The van der Waals surface area contributed by atoms with E-state index in [1.807, 2.05) is 41.8 Å². The zero-order valence-electron chi connectivity index (χ0n) is 16.3. The maximum absolute atomic E-state index is 12.6. The Morgan fingerprint density at radius 3 is 2.79 bits per heavy atom. The van der Waals surface area contributed by atoms with Gasteiger partial charge < -0.3 is 9.88 Å². The van der Waals surface area contributed by atoms with Crippen molar-refractivity contribution in [2.24, 2.45) is 0 Å². The number of fused-ring (bicyclic) bond motifs is 1. The molecule has 0 saturated carbocycles. The largest absolute Gasteiger partial charge is 0.349 e. The molecule has 0 unspecified atom stereocenters. The van der Waals surface area contributed by atoms with Gasteiger partial charge in [-0.15, -0.1) is 10.2 Å². The standard InChI is InChI=1S/C22H23ClN4OS/c1-2-27-21(16-10-12-17(23)13-11-16)25-26-22(27)29-14-20(28)24-19-9-5-7-15-6-3-4-8-18(15)19/h3-4,6,8,10-13,19H,2,5,7,9,14H2,1H3,(H,24,28)/t19-/m0/s1. The van der Waals surface area contributed by atoms with Gasteiger partial charge in [0, 0.05) is 17.1 Å². The summed E-state index contributed by atoms with van der Waals surface area (Å²) in [7, 11) is 0. The summed E-state index contributed by atoms with van der Waals surface area (Å²) in [5.41, 5.74) is 3.55. The van der Waals surface area contributed by atoms with E-state index in [9.17, 15) is 4.79 Å². The number of aromatic nitrogens is 3. The Morgan fingerprint density at radius 2 is 2.00 bits per heavy atom. The zero-order chi connectivity index (χ0) is 20.2. The highest BCUT2D eigenvalue weighted by atomic mass is 35.5. The van der Waals surface area contributed by atoms with Gasteiger partial charge in [0.05, 0.1) is 11.8 Å². The maximum atomic E-state index is 12.6. The van der Waals surface area contributed by atoms with E-state index in [1.165, 1.54) is 22.9 Å². The molecule has 1 heterocycles. The summed E-state index contributed by atoms with van der Waals surface area (Å²) in [6.45, 7) is 2.77.